The molecule has 0 spiro atoms. The lowest BCUT2D eigenvalue weighted by atomic mass is 9.96. The molecule has 168 valence electrons. The Morgan fingerprint density at radius 2 is 2.13 bits per heavy atom. The summed E-state index contributed by atoms with van der Waals surface area (Å²) in [5, 5.41) is 16.3. The van der Waals surface area contributed by atoms with Gasteiger partial charge in [0.15, 0.2) is 5.82 Å². The first-order valence-corrected chi connectivity index (χ1v) is 9.73. The molecule has 4 rings (SSSR count). The number of hydrogen-bond acceptors (Lipinski definition) is 4. The maximum absolute atomic E-state index is 14.8. The number of aryl methyl sites for hydroxylation is 1. The van der Waals surface area contributed by atoms with Gasteiger partial charge in [-0.05, 0) is 19.4 Å². The Morgan fingerprint density at radius 3 is 2.84 bits per heavy atom. The number of nitrogens with zero attached hydrogens (tertiary/aromatic N) is 4. The fourth-order valence-electron chi connectivity index (χ4n) is 4.10. The lowest BCUT2D eigenvalue weighted by Gasteiger charge is -2.34. The van der Waals surface area contributed by atoms with E-state index in [-0.39, 0.29) is 37.2 Å². The molecule has 0 aromatic carbocycles. The van der Waals surface area contributed by atoms with E-state index >= 15 is 0 Å². The van der Waals surface area contributed by atoms with Gasteiger partial charge in [0, 0.05) is 37.2 Å². The zero-order valence-electron chi connectivity index (χ0n) is 16.5. The highest BCUT2D eigenvalue weighted by molar-refractivity contribution is 5.90. The Hall–Kier alpha value is -2.76. The van der Waals surface area contributed by atoms with E-state index in [1.54, 1.807) is 6.92 Å². The molecular weight excluding hydrogens is 425 g/mol. The number of aliphatic hydroxyl groups is 1. The summed E-state index contributed by atoms with van der Waals surface area (Å²) in [6.07, 6.45) is -3.80. The molecule has 2 aromatic rings. The van der Waals surface area contributed by atoms with Crippen molar-refractivity contribution >= 4 is 11.7 Å². The van der Waals surface area contributed by atoms with E-state index in [2.05, 4.69) is 15.4 Å². The fraction of sp³-hybridized carbons (Fsp3) is 0.526. The van der Waals surface area contributed by atoms with Gasteiger partial charge in [0.25, 0.3) is 12.3 Å². The van der Waals surface area contributed by atoms with Gasteiger partial charge in [-0.15, -0.1) is 0 Å². The standard InChI is InChI=1S/C19H20F5N5O2/c1-9-6-13-11(16-19(23,24)7-10(30)3-5-29(16)27-13)8-28(9)18(31)26-12-2-4-25-15(14(12)20)17(21)22/h2,4,9-10,17,30H,3,5-8H2,1H3,(H,25,26,31)/t9-,10?/m1/s1. The average Bonchev–Trinajstić information content (AvgIpc) is 2.99. The van der Waals surface area contributed by atoms with Crippen LogP contribution in [0.4, 0.5) is 32.4 Å². The van der Waals surface area contributed by atoms with Crippen LogP contribution >= 0.6 is 0 Å². The van der Waals surface area contributed by atoms with Crippen LogP contribution in [0.2, 0.25) is 0 Å². The van der Waals surface area contributed by atoms with Crippen molar-refractivity contribution in [1.29, 1.82) is 0 Å². The molecule has 31 heavy (non-hydrogen) atoms. The number of pyridine rings is 1. The summed E-state index contributed by atoms with van der Waals surface area (Å²) in [4.78, 5) is 17.3. The van der Waals surface area contributed by atoms with Crippen molar-refractivity contribution in [1.82, 2.24) is 19.7 Å². The van der Waals surface area contributed by atoms with E-state index in [1.165, 1.54) is 9.58 Å². The van der Waals surface area contributed by atoms with Gasteiger partial charge in [-0.25, -0.2) is 18.0 Å². The molecule has 2 aliphatic heterocycles. The number of anilines is 1. The minimum absolute atomic E-state index is 0.123. The largest absolute Gasteiger partial charge is 0.393 e. The predicted molar refractivity (Wildman–Crippen MR) is 98.2 cm³/mol. The monoisotopic (exact) mass is 445 g/mol. The molecule has 12 heteroatoms. The van der Waals surface area contributed by atoms with Crippen molar-refractivity contribution in [2.75, 3.05) is 5.32 Å². The number of aromatic nitrogens is 3. The van der Waals surface area contributed by atoms with Crippen molar-refractivity contribution in [2.24, 2.45) is 0 Å². The second-order valence-corrected chi connectivity index (χ2v) is 7.82. The minimum atomic E-state index is -3.33. The number of carbonyl (C=O) groups excluding carboxylic acids is 1. The number of carbonyl (C=O) groups is 1. The number of fused-ring (bicyclic) bond motifs is 3. The summed E-state index contributed by atoms with van der Waals surface area (Å²) in [5.74, 6) is -4.68. The summed E-state index contributed by atoms with van der Waals surface area (Å²) in [5.41, 5.74) is -1.27. The summed E-state index contributed by atoms with van der Waals surface area (Å²) in [7, 11) is 0. The smallest absolute Gasteiger partial charge is 0.322 e. The number of alkyl halides is 4. The highest BCUT2D eigenvalue weighted by Crippen LogP contribution is 2.41. The summed E-state index contributed by atoms with van der Waals surface area (Å²) in [6, 6.07) is -0.230. The van der Waals surface area contributed by atoms with Crippen LogP contribution < -0.4 is 5.32 Å². The first kappa shape index (κ1) is 21.5. The van der Waals surface area contributed by atoms with Crippen molar-refractivity contribution in [3.05, 3.63) is 40.7 Å². The topological polar surface area (TPSA) is 83.3 Å². The molecule has 7 nitrogen and oxygen atoms in total. The molecule has 2 N–H and O–H groups in total. The van der Waals surface area contributed by atoms with Gasteiger partial charge in [-0.3, -0.25) is 9.67 Å². The van der Waals surface area contributed by atoms with E-state index < -0.39 is 54.1 Å². The van der Waals surface area contributed by atoms with Gasteiger partial charge in [-0.2, -0.15) is 13.9 Å². The predicted octanol–water partition coefficient (Wildman–Crippen LogP) is 3.58. The molecule has 4 heterocycles. The first-order chi connectivity index (χ1) is 14.6. The first-order valence-electron chi connectivity index (χ1n) is 9.73. The molecule has 2 aliphatic rings. The molecule has 0 saturated carbocycles. The van der Waals surface area contributed by atoms with E-state index in [0.29, 0.717) is 5.69 Å². The second-order valence-electron chi connectivity index (χ2n) is 7.82. The van der Waals surface area contributed by atoms with Gasteiger partial charge >= 0.3 is 6.03 Å². The van der Waals surface area contributed by atoms with E-state index in [1.807, 2.05) is 0 Å². The van der Waals surface area contributed by atoms with Gasteiger partial charge in [0.05, 0.1) is 24.0 Å². The number of hydrogen-bond donors (Lipinski definition) is 2. The number of rotatable bonds is 2. The Labute approximate surface area is 173 Å². The van der Waals surface area contributed by atoms with Crippen LogP contribution in [0.3, 0.4) is 0 Å². The Balaban J connectivity index is 1.62. The summed E-state index contributed by atoms with van der Waals surface area (Å²) >= 11 is 0. The van der Waals surface area contributed by atoms with E-state index in [0.717, 1.165) is 12.3 Å². The Kier molecular flexibility index (Phi) is 5.36. The molecule has 2 atom stereocenters. The van der Waals surface area contributed by atoms with Crippen LogP contribution in [-0.2, 0) is 25.4 Å². The van der Waals surface area contributed by atoms with Crippen molar-refractivity contribution in [3.8, 4) is 0 Å². The van der Waals surface area contributed by atoms with Crippen LogP contribution in [0.15, 0.2) is 12.3 Å². The fourth-order valence-corrected chi connectivity index (χ4v) is 4.10. The second kappa shape index (κ2) is 7.74. The van der Waals surface area contributed by atoms with Crippen LogP contribution in [0, 0.1) is 5.82 Å². The zero-order chi connectivity index (χ0) is 22.5. The van der Waals surface area contributed by atoms with E-state index in [9.17, 15) is 31.9 Å². The maximum Gasteiger partial charge on any atom is 0.322 e. The van der Waals surface area contributed by atoms with Gasteiger partial charge in [-0.1, -0.05) is 0 Å². The zero-order valence-corrected chi connectivity index (χ0v) is 16.5. The highest BCUT2D eigenvalue weighted by atomic mass is 19.3. The molecule has 1 unspecified atom stereocenters. The van der Waals surface area contributed by atoms with Gasteiger partial charge in [0.1, 0.15) is 11.4 Å². The number of aliphatic hydroxyl groups excluding tert-OH is 1. The molecule has 0 fully saturated rings. The molecule has 0 saturated heterocycles. The quantitative estimate of drug-likeness (QED) is 0.693. The third-order valence-corrected chi connectivity index (χ3v) is 5.62. The van der Waals surface area contributed by atoms with Crippen LogP contribution in [-0.4, -0.2) is 42.9 Å². The lowest BCUT2D eigenvalue weighted by Crippen LogP contribution is -2.45. The van der Waals surface area contributed by atoms with Crippen molar-refractivity contribution < 1.29 is 31.9 Å². The molecule has 0 radical (unpaired) electrons. The molecule has 0 aliphatic carbocycles. The number of urea groups is 1. The summed E-state index contributed by atoms with van der Waals surface area (Å²) in [6.45, 7) is 1.60. The van der Waals surface area contributed by atoms with Crippen molar-refractivity contribution in [3.63, 3.8) is 0 Å². The average molecular weight is 445 g/mol. The van der Waals surface area contributed by atoms with Gasteiger partial charge in [0.2, 0.25) is 0 Å². The Bertz CT molecular complexity index is 1010. The van der Waals surface area contributed by atoms with Gasteiger partial charge < -0.3 is 15.3 Å². The normalized spacial score (nSPS) is 22.6. The lowest BCUT2D eigenvalue weighted by molar-refractivity contribution is -0.0509. The number of amides is 2. The molecule has 2 amide bonds. The molecule has 2 aromatic heterocycles. The van der Waals surface area contributed by atoms with E-state index in [4.69, 9.17) is 0 Å². The summed E-state index contributed by atoms with van der Waals surface area (Å²) < 4.78 is 70.8. The third kappa shape index (κ3) is 3.84. The number of nitrogens with one attached hydrogen (secondary N) is 1. The SMILES string of the molecule is C[C@@H]1Cc2nn3c(c2CN1C(=O)Nc1ccnc(C(F)F)c1F)C(F)(F)CC(O)CC3. The highest BCUT2D eigenvalue weighted by Gasteiger charge is 2.45. The third-order valence-electron chi connectivity index (χ3n) is 5.62. The minimum Gasteiger partial charge on any atom is -0.393 e. The Morgan fingerprint density at radius 1 is 1.39 bits per heavy atom. The number of halogens is 5. The van der Waals surface area contributed by atoms with Crippen LogP contribution in [0.5, 0.6) is 0 Å². The van der Waals surface area contributed by atoms with Crippen molar-refractivity contribution in [2.45, 2.75) is 63.8 Å². The molecule has 0 bridgehead atoms. The maximum atomic E-state index is 14.8. The van der Waals surface area contributed by atoms with Crippen LogP contribution in [0.1, 0.15) is 48.8 Å². The van der Waals surface area contributed by atoms with Crippen LogP contribution in [0.25, 0.3) is 0 Å². The molecular formula is C19H20F5N5O2.